The van der Waals surface area contributed by atoms with Crippen molar-refractivity contribution in [3.63, 3.8) is 0 Å². The van der Waals surface area contributed by atoms with Crippen LogP contribution in [0.4, 0.5) is 0 Å². The Hall–Kier alpha value is -0.870. The van der Waals surface area contributed by atoms with E-state index in [4.69, 9.17) is 0 Å². The van der Waals surface area contributed by atoms with Crippen molar-refractivity contribution in [1.29, 1.82) is 0 Å². The van der Waals surface area contributed by atoms with Gasteiger partial charge in [0.15, 0.2) is 0 Å². The first kappa shape index (κ1) is 19.1. The topological polar surface area (TPSA) is 60.4 Å². The summed E-state index contributed by atoms with van der Waals surface area (Å²) in [6.07, 6.45) is 6.23. The van der Waals surface area contributed by atoms with E-state index in [1.54, 1.807) is 0 Å². The summed E-state index contributed by atoms with van der Waals surface area (Å²) >= 11 is 0. The van der Waals surface area contributed by atoms with Crippen molar-refractivity contribution in [2.75, 3.05) is 26.2 Å². The summed E-state index contributed by atoms with van der Waals surface area (Å²) in [6.45, 7) is 11.3. The molecule has 0 aromatic heterocycles. The number of aliphatic hydroxyl groups excluding tert-OH is 1. The lowest BCUT2D eigenvalue weighted by atomic mass is 10.1. The molecule has 1 atom stereocenters. The van der Waals surface area contributed by atoms with Crippen molar-refractivity contribution in [2.24, 2.45) is 0 Å². The number of allylic oxidation sites excluding steroid dienone is 1. The molecule has 4 nitrogen and oxygen atoms in total. The lowest BCUT2D eigenvalue weighted by molar-refractivity contribution is -0.927. The Bertz CT molecular complexity index is 275. The molecule has 0 saturated carbocycles. The van der Waals surface area contributed by atoms with Gasteiger partial charge in [-0.25, -0.2) is 0 Å². The molecule has 1 N–H and O–H groups in total. The summed E-state index contributed by atoms with van der Waals surface area (Å²) in [4.78, 5) is 10.5. The fourth-order valence-corrected chi connectivity index (χ4v) is 2.66. The van der Waals surface area contributed by atoms with Crippen LogP contribution in [-0.4, -0.2) is 47.8 Å². The first-order valence-corrected chi connectivity index (χ1v) is 7.83. The van der Waals surface area contributed by atoms with Gasteiger partial charge in [0.1, 0.15) is 12.6 Å². The zero-order valence-electron chi connectivity index (χ0n) is 13.1. The van der Waals surface area contributed by atoms with Gasteiger partial charge in [0.2, 0.25) is 0 Å². The Morgan fingerprint density at radius 3 is 2.45 bits per heavy atom. The number of hydrogen-bond donors (Lipinski definition) is 1. The van der Waals surface area contributed by atoms with Crippen molar-refractivity contribution >= 4 is 5.97 Å². The monoisotopic (exact) mass is 285 g/mol. The van der Waals surface area contributed by atoms with Gasteiger partial charge in [0, 0.05) is 12.4 Å². The summed E-state index contributed by atoms with van der Waals surface area (Å²) in [5.41, 5.74) is 0. The van der Waals surface area contributed by atoms with Crippen LogP contribution in [0.5, 0.6) is 0 Å². The van der Waals surface area contributed by atoms with E-state index in [-0.39, 0.29) is 12.5 Å². The molecule has 0 aliphatic rings. The average molecular weight is 285 g/mol. The molecule has 0 radical (unpaired) electrons. The van der Waals surface area contributed by atoms with E-state index in [1.807, 2.05) is 6.08 Å². The second-order valence-electron chi connectivity index (χ2n) is 5.58. The van der Waals surface area contributed by atoms with Crippen molar-refractivity contribution in [2.45, 2.75) is 58.5 Å². The molecule has 0 rings (SSSR count). The number of nitrogens with zero attached hydrogens (tertiary/aromatic N) is 1. The van der Waals surface area contributed by atoms with Gasteiger partial charge in [0.05, 0.1) is 19.6 Å². The number of carboxylic acid groups (broad SMARTS) is 1. The predicted molar refractivity (Wildman–Crippen MR) is 80.0 cm³/mol. The molecule has 0 aromatic rings. The van der Waals surface area contributed by atoms with Crippen LogP contribution in [-0.2, 0) is 4.79 Å². The molecule has 0 bridgehead atoms. The molecule has 4 heteroatoms. The Balaban J connectivity index is 4.20. The number of aliphatic hydroxyl groups is 1. The first-order chi connectivity index (χ1) is 9.49. The zero-order chi connectivity index (χ0) is 15.4. The predicted octanol–water partition coefficient (Wildman–Crippen LogP) is 1.48. The van der Waals surface area contributed by atoms with E-state index >= 15 is 0 Å². The van der Waals surface area contributed by atoms with E-state index in [9.17, 15) is 15.0 Å². The van der Waals surface area contributed by atoms with Crippen LogP contribution in [0.15, 0.2) is 12.7 Å². The molecule has 0 aromatic carbocycles. The lowest BCUT2D eigenvalue weighted by Gasteiger charge is -2.38. The Labute approximate surface area is 123 Å². The van der Waals surface area contributed by atoms with Gasteiger partial charge in [-0.05, 0) is 39.5 Å². The molecule has 1 unspecified atom stereocenters. The zero-order valence-corrected chi connectivity index (χ0v) is 13.1. The lowest BCUT2D eigenvalue weighted by Crippen LogP contribution is -2.52. The van der Waals surface area contributed by atoms with Crippen LogP contribution in [0, 0.1) is 0 Å². The number of carbonyl (C=O) groups excluding carboxylic acids is 1. The maximum Gasteiger partial charge on any atom is 0.105 e. The van der Waals surface area contributed by atoms with Crippen molar-refractivity contribution in [3.8, 4) is 0 Å². The van der Waals surface area contributed by atoms with E-state index in [2.05, 4.69) is 20.4 Å². The first-order valence-electron chi connectivity index (χ1n) is 7.83. The standard InChI is InChI=1S/C16H31NO3/c1-4-7-8-9-11-15(18)14-17(5-2,6-3)13-10-12-16(19)20/h4,15,18H,1,5-14H2,2-3H3. The van der Waals surface area contributed by atoms with Gasteiger partial charge in [-0.15, -0.1) is 6.58 Å². The third kappa shape index (κ3) is 8.33. The van der Waals surface area contributed by atoms with Gasteiger partial charge >= 0.3 is 0 Å². The number of likely N-dealkylation sites (N-methyl/N-ethyl adjacent to an activating group) is 1. The van der Waals surface area contributed by atoms with Gasteiger partial charge in [-0.1, -0.05) is 12.5 Å². The third-order valence-corrected chi connectivity index (χ3v) is 4.15. The van der Waals surface area contributed by atoms with Gasteiger partial charge in [-0.2, -0.15) is 0 Å². The van der Waals surface area contributed by atoms with Crippen LogP contribution < -0.4 is 5.11 Å². The second kappa shape index (κ2) is 10.9. The van der Waals surface area contributed by atoms with E-state index in [1.165, 1.54) is 0 Å². The van der Waals surface area contributed by atoms with Crippen LogP contribution in [0.2, 0.25) is 0 Å². The van der Waals surface area contributed by atoms with Gasteiger partial charge in [0.25, 0.3) is 0 Å². The number of unbranched alkanes of at least 4 members (excludes halogenated alkanes) is 2. The number of carbonyl (C=O) groups is 1. The number of aliphatic carboxylic acids is 1. The molecular weight excluding hydrogens is 254 g/mol. The van der Waals surface area contributed by atoms with Crippen molar-refractivity contribution < 1.29 is 19.5 Å². The molecule has 118 valence electrons. The maximum atomic E-state index is 10.5. The quantitative estimate of drug-likeness (QED) is 0.317. The minimum atomic E-state index is -0.986. The van der Waals surface area contributed by atoms with Crippen molar-refractivity contribution in [1.82, 2.24) is 0 Å². The Kier molecular flexibility index (Phi) is 10.4. The highest BCUT2D eigenvalue weighted by Gasteiger charge is 2.26. The van der Waals surface area contributed by atoms with Crippen molar-refractivity contribution in [3.05, 3.63) is 12.7 Å². The van der Waals surface area contributed by atoms with Gasteiger partial charge in [-0.3, -0.25) is 0 Å². The van der Waals surface area contributed by atoms with Crippen LogP contribution in [0.3, 0.4) is 0 Å². The number of hydrogen-bond acceptors (Lipinski definition) is 3. The van der Waals surface area contributed by atoms with E-state index in [0.717, 1.165) is 49.8 Å². The molecule has 0 heterocycles. The molecular formula is C16H31NO3. The van der Waals surface area contributed by atoms with Crippen LogP contribution in [0.1, 0.15) is 52.4 Å². The second-order valence-corrected chi connectivity index (χ2v) is 5.58. The smallest absolute Gasteiger partial charge is 0.105 e. The SMILES string of the molecule is C=CCCCCC(O)C[N+](CC)(CC)CCCC(=O)[O-]. The summed E-state index contributed by atoms with van der Waals surface area (Å²) in [5, 5.41) is 20.7. The molecule has 0 fully saturated rings. The third-order valence-electron chi connectivity index (χ3n) is 4.15. The highest BCUT2D eigenvalue weighted by atomic mass is 16.4. The Morgan fingerprint density at radius 1 is 1.30 bits per heavy atom. The van der Waals surface area contributed by atoms with Crippen LogP contribution >= 0.6 is 0 Å². The van der Waals surface area contributed by atoms with E-state index in [0.29, 0.717) is 13.0 Å². The molecule has 0 amide bonds. The summed E-state index contributed by atoms with van der Waals surface area (Å²) in [6, 6.07) is 0. The summed E-state index contributed by atoms with van der Waals surface area (Å²) in [7, 11) is 0. The molecule has 0 saturated heterocycles. The van der Waals surface area contributed by atoms with E-state index < -0.39 is 5.97 Å². The molecule has 0 spiro atoms. The highest BCUT2D eigenvalue weighted by Crippen LogP contribution is 2.14. The Morgan fingerprint density at radius 2 is 1.95 bits per heavy atom. The maximum absolute atomic E-state index is 10.5. The highest BCUT2D eigenvalue weighted by molar-refractivity contribution is 5.64. The fraction of sp³-hybridized carbons (Fsp3) is 0.812. The summed E-state index contributed by atoms with van der Waals surface area (Å²) < 4.78 is 0.788. The van der Waals surface area contributed by atoms with Gasteiger partial charge < -0.3 is 19.5 Å². The van der Waals surface area contributed by atoms with Crippen LogP contribution in [0.25, 0.3) is 0 Å². The minimum Gasteiger partial charge on any atom is -0.550 e. The minimum absolute atomic E-state index is 0.107. The number of carboxylic acids is 1. The summed E-state index contributed by atoms with van der Waals surface area (Å²) in [5.74, 6) is -0.986. The average Bonchev–Trinajstić information content (AvgIpc) is 2.42. The molecule has 20 heavy (non-hydrogen) atoms. The fourth-order valence-electron chi connectivity index (χ4n) is 2.66. The molecule has 0 aliphatic heterocycles. The molecule has 0 aliphatic carbocycles. The normalized spacial score (nSPS) is 13.2. The largest absolute Gasteiger partial charge is 0.550 e. The number of rotatable bonds is 13. The number of quaternary nitrogens is 1.